The first kappa shape index (κ1) is 21.7. The molecule has 0 aromatic heterocycles. The predicted octanol–water partition coefficient (Wildman–Crippen LogP) is 4.18. The number of methoxy groups -OCH3 is 1. The highest BCUT2D eigenvalue weighted by Gasteiger charge is 2.32. The zero-order chi connectivity index (χ0) is 20.6. The summed E-state index contributed by atoms with van der Waals surface area (Å²) in [5, 5.41) is 0. The van der Waals surface area contributed by atoms with Crippen molar-refractivity contribution in [3.63, 3.8) is 0 Å². The Morgan fingerprint density at radius 2 is 1.54 bits per heavy atom. The standard InChI is InChI=1S/C18H17F2O7P/c1-24-17(21)16(18(22)25-11-13-5-3-2-4-6-13)15-9-7-14(8-10-15)12-28(23,26-19)27-20/h2-10,16H,11-12H2,1H3. The van der Waals surface area contributed by atoms with Gasteiger partial charge in [-0.3, -0.25) is 14.2 Å². The lowest BCUT2D eigenvalue weighted by molar-refractivity contribution is -0.156. The normalized spacial score (nSPS) is 12.2. The van der Waals surface area contributed by atoms with E-state index in [-0.39, 0.29) is 17.7 Å². The molecule has 0 amide bonds. The lowest BCUT2D eigenvalue weighted by Crippen LogP contribution is -2.25. The topological polar surface area (TPSA) is 88.1 Å². The van der Waals surface area contributed by atoms with E-state index in [1.54, 1.807) is 24.3 Å². The number of rotatable bonds is 9. The van der Waals surface area contributed by atoms with Crippen LogP contribution in [-0.4, -0.2) is 19.0 Å². The van der Waals surface area contributed by atoms with Gasteiger partial charge >= 0.3 is 19.5 Å². The fourth-order valence-electron chi connectivity index (χ4n) is 2.40. The van der Waals surface area contributed by atoms with Crippen LogP contribution < -0.4 is 0 Å². The molecule has 10 heteroatoms. The van der Waals surface area contributed by atoms with Crippen molar-refractivity contribution in [2.24, 2.45) is 0 Å². The number of benzene rings is 2. The molecule has 1 unspecified atom stereocenters. The van der Waals surface area contributed by atoms with Gasteiger partial charge < -0.3 is 9.47 Å². The predicted molar refractivity (Wildman–Crippen MR) is 93.1 cm³/mol. The summed E-state index contributed by atoms with van der Waals surface area (Å²) >= 11 is 0. The molecule has 0 radical (unpaired) electrons. The Labute approximate surface area is 159 Å². The molecule has 150 valence electrons. The maximum absolute atomic E-state index is 12.4. The summed E-state index contributed by atoms with van der Waals surface area (Å²) in [5.41, 5.74) is 1.16. The van der Waals surface area contributed by atoms with E-state index in [1.807, 2.05) is 6.07 Å². The van der Waals surface area contributed by atoms with Crippen molar-refractivity contribution in [3.05, 3.63) is 71.3 Å². The number of esters is 2. The van der Waals surface area contributed by atoms with Gasteiger partial charge in [0.15, 0.2) is 5.92 Å². The Balaban J connectivity index is 2.15. The Morgan fingerprint density at radius 3 is 2.07 bits per heavy atom. The number of hydrogen-bond acceptors (Lipinski definition) is 7. The first-order chi connectivity index (χ1) is 13.4. The zero-order valence-corrected chi connectivity index (χ0v) is 15.6. The molecule has 0 saturated carbocycles. The summed E-state index contributed by atoms with van der Waals surface area (Å²) in [4.78, 5) is 24.5. The van der Waals surface area contributed by atoms with E-state index in [9.17, 15) is 23.2 Å². The maximum atomic E-state index is 12.4. The summed E-state index contributed by atoms with van der Waals surface area (Å²) in [6.07, 6.45) is -0.679. The average molecular weight is 414 g/mol. The molecule has 0 aliphatic rings. The smallest absolute Gasteiger partial charge is 0.399 e. The fourth-order valence-corrected chi connectivity index (χ4v) is 3.17. The van der Waals surface area contributed by atoms with E-state index in [4.69, 9.17) is 4.74 Å². The largest absolute Gasteiger partial charge is 0.468 e. The molecule has 0 bridgehead atoms. The highest BCUT2D eigenvalue weighted by molar-refractivity contribution is 7.52. The number of hydrogen-bond donors (Lipinski definition) is 0. The minimum atomic E-state index is -4.55. The van der Waals surface area contributed by atoms with Crippen molar-refractivity contribution < 1.29 is 42.1 Å². The maximum Gasteiger partial charge on any atom is 0.399 e. The number of ether oxygens (including phenoxy) is 2. The Hall–Kier alpha value is -2.61. The third-order valence-electron chi connectivity index (χ3n) is 3.80. The average Bonchev–Trinajstić information content (AvgIpc) is 2.74. The van der Waals surface area contributed by atoms with Crippen LogP contribution in [0.4, 0.5) is 9.05 Å². The van der Waals surface area contributed by atoms with E-state index in [0.717, 1.165) is 12.7 Å². The Bertz CT molecular complexity index is 835. The second-order valence-corrected chi connectivity index (χ2v) is 7.51. The van der Waals surface area contributed by atoms with Gasteiger partial charge in [0.25, 0.3) is 0 Å². The van der Waals surface area contributed by atoms with Gasteiger partial charge in [0, 0.05) is 0 Å². The molecule has 1 atom stereocenters. The van der Waals surface area contributed by atoms with Gasteiger partial charge in [0.05, 0.1) is 13.3 Å². The number of carbonyl (C=O) groups excluding carboxylic acids is 2. The molecule has 7 nitrogen and oxygen atoms in total. The summed E-state index contributed by atoms with van der Waals surface area (Å²) in [5.74, 6) is -3.02. The van der Waals surface area contributed by atoms with E-state index < -0.39 is 31.6 Å². The summed E-state index contributed by atoms with van der Waals surface area (Å²) in [6.45, 7) is -0.0316. The third kappa shape index (κ3) is 5.69. The molecular formula is C18H17F2O7P. The van der Waals surface area contributed by atoms with Crippen LogP contribution in [0.2, 0.25) is 0 Å². The monoisotopic (exact) mass is 414 g/mol. The van der Waals surface area contributed by atoms with Crippen LogP contribution in [0.3, 0.4) is 0 Å². The molecule has 2 rings (SSSR count). The lowest BCUT2D eigenvalue weighted by Gasteiger charge is -2.15. The van der Waals surface area contributed by atoms with Gasteiger partial charge in [0.1, 0.15) is 6.61 Å². The molecule has 0 fully saturated rings. The third-order valence-corrected chi connectivity index (χ3v) is 4.97. The molecule has 0 spiro atoms. The number of carbonyl (C=O) groups is 2. The molecule has 2 aromatic rings. The van der Waals surface area contributed by atoms with Crippen LogP contribution >= 0.6 is 7.60 Å². The van der Waals surface area contributed by atoms with Gasteiger partial charge in [-0.05, 0) is 25.7 Å². The van der Waals surface area contributed by atoms with E-state index in [2.05, 4.69) is 14.2 Å². The van der Waals surface area contributed by atoms with E-state index in [0.29, 0.717) is 0 Å². The van der Waals surface area contributed by atoms with Crippen LogP contribution in [-0.2, 0) is 45.9 Å². The SMILES string of the molecule is COC(=O)C(C(=O)OCc1ccccc1)c1ccc(CP(=O)(OF)OF)cc1. The summed E-state index contributed by atoms with van der Waals surface area (Å²) in [6, 6.07) is 14.2. The molecule has 0 saturated heterocycles. The quantitative estimate of drug-likeness (QED) is 0.346. The van der Waals surface area contributed by atoms with Gasteiger partial charge in [-0.2, -0.15) is 0 Å². The van der Waals surface area contributed by atoms with E-state index in [1.165, 1.54) is 24.3 Å². The first-order valence-electron chi connectivity index (χ1n) is 7.99. The minimum Gasteiger partial charge on any atom is -0.468 e. The highest BCUT2D eigenvalue weighted by atomic mass is 31.2. The van der Waals surface area contributed by atoms with Crippen LogP contribution in [0.5, 0.6) is 0 Å². The van der Waals surface area contributed by atoms with Crippen LogP contribution in [0, 0.1) is 0 Å². The molecule has 0 aliphatic heterocycles. The lowest BCUT2D eigenvalue weighted by atomic mass is 9.98. The first-order valence-corrected chi connectivity index (χ1v) is 9.72. The zero-order valence-electron chi connectivity index (χ0n) is 14.7. The van der Waals surface area contributed by atoms with Crippen LogP contribution in [0.15, 0.2) is 54.6 Å². The van der Waals surface area contributed by atoms with E-state index >= 15 is 0 Å². The molecule has 2 aromatic carbocycles. The van der Waals surface area contributed by atoms with Crippen molar-refractivity contribution in [2.45, 2.75) is 18.7 Å². The minimum absolute atomic E-state index is 0.0316. The Morgan fingerprint density at radius 1 is 0.929 bits per heavy atom. The summed E-state index contributed by atoms with van der Waals surface area (Å²) in [7, 11) is -3.42. The van der Waals surface area contributed by atoms with Crippen molar-refractivity contribution in [1.29, 1.82) is 0 Å². The van der Waals surface area contributed by atoms with Crippen LogP contribution in [0.1, 0.15) is 22.6 Å². The van der Waals surface area contributed by atoms with Gasteiger partial charge in [-0.1, -0.05) is 54.6 Å². The second-order valence-electron chi connectivity index (χ2n) is 5.70. The highest BCUT2D eigenvalue weighted by Crippen LogP contribution is 2.52. The van der Waals surface area contributed by atoms with Gasteiger partial charge in [0.2, 0.25) is 0 Å². The van der Waals surface area contributed by atoms with Crippen LogP contribution in [0.25, 0.3) is 0 Å². The van der Waals surface area contributed by atoms with Gasteiger partial charge in [-0.25, -0.2) is 0 Å². The van der Waals surface area contributed by atoms with Crippen molar-refractivity contribution >= 4 is 19.5 Å². The molecule has 0 N–H and O–H groups in total. The van der Waals surface area contributed by atoms with Crippen molar-refractivity contribution in [2.75, 3.05) is 7.11 Å². The van der Waals surface area contributed by atoms with Crippen molar-refractivity contribution in [3.8, 4) is 0 Å². The second kappa shape index (κ2) is 10.1. The summed E-state index contributed by atoms with van der Waals surface area (Å²) < 4.78 is 51.8. The molecular weight excluding hydrogens is 397 g/mol. The van der Waals surface area contributed by atoms with Gasteiger partial charge in [-0.15, -0.1) is 9.46 Å². The molecule has 28 heavy (non-hydrogen) atoms. The fraction of sp³-hybridized carbons (Fsp3) is 0.222. The molecule has 0 heterocycles. The van der Waals surface area contributed by atoms with Crippen molar-refractivity contribution in [1.82, 2.24) is 0 Å². The molecule has 0 aliphatic carbocycles. The number of halogens is 2. The Kier molecular flexibility index (Phi) is 7.80.